The van der Waals surface area contributed by atoms with Crippen LogP contribution in [0.25, 0.3) is 0 Å². The molecule has 5 heteroatoms. The summed E-state index contributed by atoms with van der Waals surface area (Å²) >= 11 is 0. The van der Waals surface area contributed by atoms with Gasteiger partial charge in [-0.15, -0.1) is 0 Å². The number of nitrogens with one attached hydrogen (secondary N) is 2. The van der Waals surface area contributed by atoms with Gasteiger partial charge in [0.05, 0.1) is 12.0 Å². The minimum absolute atomic E-state index is 0.00158. The molecule has 2 N–H and O–H groups in total. The van der Waals surface area contributed by atoms with Crippen LogP contribution in [0.1, 0.15) is 26.2 Å². The Morgan fingerprint density at radius 3 is 2.88 bits per heavy atom. The van der Waals surface area contributed by atoms with Crippen LogP contribution in [0.5, 0.6) is 0 Å². The molecule has 16 heavy (non-hydrogen) atoms. The van der Waals surface area contributed by atoms with Crippen LogP contribution in [-0.4, -0.2) is 37.1 Å². The molecule has 0 radical (unpaired) electrons. The summed E-state index contributed by atoms with van der Waals surface area (Å²) in [6, 6.07) is 0.236. The van der Waals surface area contributed by atoms with Crippen LogP contribution < -0.4 is 10.6 Å². The molecule has 1 saturated heterocycles. The third-order valence-electron chi connectivity index (χ3n) is 3.19. The van der Waals surface area contributed by atoms with Crippen molar-refractivity contribution < 1.29 is 14.3 Å². The van der Waals surface area contributed by atoms with Crippen LogP contribution in [0.2, 0.25) is 0 Å². The molecule has 0 bridgehead atoms. The topological polar surface area (TPSA) is 67.4 Å². The zero-order valence-corrected chi connectivity index (χ0v) is 9.49. The Morgan fingerprint density at radius 2 is 2.31 bits per heavy atom. The Hall–Kier alpha value is -1.10. The summed E-state index contributed by atoms with van der Waals surface area (Å²) < 4.78 is 5.41. The highest BCUT2D eigenvalue weighted by atomic mass is 16.5. The minimum Gasteiger partial charge on any atom is -0.378 e. The average molecular weight is 226 g/mol. The van der Waals surface area contributed by atoms with E-state index in [9.17, 15) is 9.59 Å². The Labute approximate surface area is 94.9 Å². The van der Waals surface area contributed by atoms with Gasteiger partial charge in [0.1, 0.15) is 0 Å². The van der Waals surface area contributed by atoms with Crippen LogP contribution in [0.4, 0.5) is 0 Å². The molecule has 2 aliphatic rings. The van der Waals surface area contributed by atoms with Gasteiger partial charge in [0.2, 0.25) is 11.8 Å². The maximum atomic E-state index is 11.7. The van der Waals surface area contributed by atoms with Gasteiger partial charge in [0.25, 0.3) is 0 Å². The standard InChI is InChI=1S/C11H18N2O3/c1-2-16-9-4-8(5-9)13-11(15)7-3-10(14)12-6-7/h7-9H,2-6H2,1H3,(H,12,14)(H,13,15). The average Bonchev–Trinajstić information content (AvgIpc) is 2.61. The van der Waals surface area contributed by atoms with Crippen molar-refractivity contribution in [2.45, 2.75) is 38.3 Å². The van der Waals surface area contributed by atoms with Gasteiger partial charge in [0, 0.05) is 25.6 Å². The zero-order valence-electron chi connectivity index (χ0n) is 9.49. The van der Waals surface area contributed by atoms with Crippen molar-refractivity contribution in [1.29, 1.82) is 0 Å². The molecule has 1 aliphatic heterocycles. The van der Waals surface area contributed by atoms with Crippen LogP contribution in [0, 0.1) is 5.92 Å². The number of carbonyl (C=O) groups excluding carboxylic acids is 2. The van der Waals surface area contributed by atoms with Gasteiger partial charge in [-0.25, -0.2) is 0 Å². The lowest BCUT2D eigenvalue weighted by atomic mass is 9.88. The first-order chi connectivity index (χ1) is 7.69. The fraction of sp³-hybridized carbons (Fsp3) is 0.818. The van der Waals surface area contributed by atoms with Gasteiger partial charge in [-0.1, -0.05) is 0 Å². The van der Waals surface area contributed by atoms with Crippen molar-refractivity contribution in [3.8, 4) is 0 Å². The molecule has 1 heterocycles. The fourth-order valence-electron chi connectivity index (χ4n) is 2.16. The van der Waals surface area contributed by atoms with Crippen LogP contribution in [-0.2, 0) is 14.3 Å². The molecule has 1 unspecified atom stereocenters. The first kappa shape index (κ1) is 11.4. The van der Waals surface area contributed by atoms with E-state index in [0.717, 1.165) is 19.4 Å². The molecule has 1 aliphatic carbocycles. The molecule has 1 atom stereocenters. The van der Waals surface area contributed by atoms with E-state index >= 15 is 0 Å². The Bertz CT molecular complexity index is 287. The fourth-order valence-corrected chi connectivity index (χ4v) is 2.16. The van der Waals surface area contributed by atoms with Crippen LogP contribution in [0.15, 0.2) is 0 Å². The van der Waals surface area contributed by atoms with Crippen molar-refractivity contribution in [3.05, 3.63) is 0 Å². The molecule has 2 fully saturated rings. The van der Waals surface area contributed by atoms with Crippen LogP contribution >= 0.6 is 0 Å². The molecule has 0 aromatic rings. The summed E-state index contributed by atoms with van der Waals surface area (Å²) in [5.74, 6) is -0.210. The Kier molecular flexibility index (Phi) is 3.43. The van der Waals surface area contributed by atoms with Gasteiger partial charge in [-0.3, -0.25) is 9.59 Å². The quantitative estimate of drug-likeness (QED) is 0.698. The number of carbonyl (C=O) groups is 2. The van der Waals surface area contributed by atoms with Gasteiger partial charge < -0.3 is 15.4 Å². The summed E-state index contributed by atoms with van der Waals surface area (Å²) in [5, 5.41) is 5.62. The maximum Gasteiger partial charge on any atom is 0.225 e. The van der Waals surface area contributed by atoms with Gasteiger partial charge in [-0.05, 0) is 19.8 Å². The molecular weight excluding hydrogens is 208 g/mol. The SMILES string of the molecule is CCOC1CC(NC(=O)C2CNC(=O)C2)C1. The van der Waals surface area contributed by atoms with E-state index in [-0.39, 0.29) is 23.8 Å². The summed E-state index contributed by atoms with van der Waals surface area (Å²) in [5.41, 5.74) is 0. The molecule has 0 aromatic heterocycles. The number of hydrogen-bond donors (Lipinski definition) is 2. The molecule has 90 valence electrons. The highest BCUT2D eigenvalue weighted by Crippen LogP contribution is 2.23. The van der Waals surface area contributed by atoms with Gasteiger partial charge in [0.15, 0.2) is 0 Å². The second kappa shape index (κ2) is 4.82. The summed E-state index contributed by atoms with van der Waals surface area (Å²) in [7, 11) is 0. The number of ether oxygens (including phenoxy) is 1. The van der Waals surface area contributed by atoms with E-state index in [4.69, 9.17) is 4.74 Å². The van der Waals surface area contributed by atoms with Gasteiger partial charge >= 0.3 is 0 Å². The molecule has 5 nitrogen and oxygen atoms in total. The van der Waals surface area contributed by atoms with Crippen LogP contribution in [0.3, 0.4) is 0 Å². The lowest BCUT2D eigenvalue weighted by Crippen LogP contribution is -2.49. The van der Waals surface area contributed by atoms with Crippen molar-refractivity contribution in [2.75, 3.05) is 13.2 Å². The lowest BCUT2D eigenvalue weighted by Gasteiger charge is -2.35. The van der Waals surface area contributed by atoms with E-state index in [0.29, 0.717) is 19.1 Å². The molecule has 2 rings (SSSR count). The minimum atomic E-state index is -0.182. The maximum absolute atomic E-state index is 11.7. The molecule has 0 aromatic carbocycles. The molecular formula is C11H18N2O3. The smallest absolute Gasteiger partial charge is 0.225 e. The van der Waals surface area contributed by atoms with Crippen molar-refractivity contribution in [2.24, 2.45) is 5.92 Å². The number of rotatable bonds is 4. The highest BCUT2D eigenvalue weighted by molar-refractivity contribution is 5.89. The first-order valence-corrected chi connectivity index (χ1v) is 5.87. The second-order valence-corrected chi connectivity index (χ2v) is 4.46. The number of hydrogen-bond acceptors (Lipinski definition) is 3. The molecule has 1 saturated carbocycles. The van der Waals surface area contributed by atoms with Crippen molar-refractivity contribution in [3.63, 3.8) is 0 Å². The zero-order chi connectivity index (χ0) is 11.5. The first-order valence-electron chi connectivity index (χ1n) is 5.87. The normalized spacial score (nSPS) is 33.1. The van der Waals surface area contributed by atoms with Crippen molar-refractivity contribution in [1.82, 2.24) is 10.6 Å². The summed E-state index contributed by atoms with van der Waals surface area (Å²) in [6.45, 7) is 3.18. The predicted molar refractivity (Wildman–Crippen MR) is 57.7 cm³/mol. The summed E-state index contributed by atoms with van der Waals surface area (Å²) in [4.78, 5) is 22.7. The van der Waals surface area contributed by atoms with E-state index < -0.39 is 0 Å². The Balaban J connectivity index is 1.67. The van der Waals surface area contributed by atoms with E-state index in [2.05, 4.69) is 10.6 Å². The Morgan fingerprint density at radius 1 is 1.56 bits per heavy atom. The predicted octanol–water partition coefficient (Wildman–Crippen LogP) is -0.194. The van der Waals surface area contributed by atoms with E-state index in [1.165, 1.54) is 0 Å². The van der Waals surface area contributed by atoms with E-state index in [1.54, 1.807) is 0 Å². The lowest BCUT2D eigenvalue weighted by molar-refractivity contribution is -0.128. The molecule has 0 spiro atoms. The molecule has 2 amide bonds. The monoisotopic (exact) mass is 226 g/mol. The van der Waals surface area contributed by atoms with Crippen molar-refractivity contribution >= 4 is 11.8 Å². The third kappa shape index (κ3) is 2.52. The highest BCUT2D eigenvalue weighted by Gasteiger charge is 2.34. The largest absolute Gasteiger partial charge is 0.378 e. The second-order valence-electron chi connectivity index (χ2n) is 4.46. The number of amides is 2. The van der Waals surface area contributed by atoms with E-state index in [1.807, 2.05) is 6.92 Å². The third-order valence-corrected chi connectivity index (χ3v) is 3.19. The summed E-state index contributed by atoms with van der Waals surface area (Å²) in [6.07, 6.45) is 2.42. The van der Waals surface area contributed by atoms with Gasteiger partial charge in [-0.2, -0.15) is 0 Å².